The van der Waals surface area contributed by atoms with Crippen LogP contribution in [0, 0.1) is 11.8 Å². The number of nitrogens with one attached hydrogen (secondary N) is 2. The van der Waals surface area contributed by atoms with Gasteiger partial charge < -0.3 is 16.4 Å². The molecule has 110 valence electrons. The first-order valence-electron chi connectivity index (χ1n) is 6.43. The van der Waals surface area contributed by atoms with E-state index >= 15 is 0 Å². The van der Waals surface area contributed by atoms with Crippen LogP contribution in [0.2, 0.25) is 5.02 Å². The summed E-state index contributed by atoms with van der Waals surface area (Å²) in [5.41, 5.74) is 6.45. The van der Waals surface area contributed by atoms with E-state index in [1.165, 1.54) is 0 Å². The maximum absolute atomic E-state index is 12.1. The fourth-order valence-corrected chi connectivity index (χ4v) is 1.98. The second kappa shape index (κ2) is 7.26. The molecule has 20 heavy (non-hydrogen) atoms. The maximum atomic E-state index is 12.1. The first-order valence-corrected chi connectivity index (χ1v) is 6.81. The summed E-state index contributed by atoms with van der Waals surface area (Å²) in [5, 5.41) is 5.63. The number of halogens is 1. The summed E-state index contributed by atoms with van der Waals surface area (Å²) in [7, 11) is 1.54. The van der Waals surface area contributed by atoms with Gasteiger partial charge in [-0.15, -0.1) is 0 Å². The molecule has 1 aromatic carbocycles. The first kappa shape index (κ1) is 16.5. The smallest absolute Gasteiger partial charge is 0.251 e. The predicted molar refractivity (Wildman–Crippen MR) is 80.9 cm³/mol. The van der Waals surface area contributed by atoms with Crippen molar-refractivity contribution in [1.82, 2.24) is 5.32 Å². The summed E-state index contributed by atoms with van der Waals surface area (Å²) in [6.07, 6.45) is 0. The zero-order valence-corrected chi connectivity index (χ0v) is 12.6. The van der Waals surface area contributed by atoms with E-state index in [1.807, 2.05) is 13.8 Å². The fraction of sp³-hybridized carbons (Fsp3) is 0.429. The summed E-state index contributed by atoms with van der Waals surface area (Å²) in [4.78, 5) is 23.7. The van der Waals surface area contributed by atoms with Crippen LogP contribution in [0.25, 0.3) is 0 Å². The average Bonchev–Trinajstić information content (AvgIpc) is 2.40. The van der Waals surface area contributed by atoms with E-state index < -0.39 is 0 Å². The Morgan fingerprint density at radius 3 is 2.50 bits per heavy atom. The van der Waals surface area contributed by atoms with E-state index in [4.69, 9.17) is 17.3 Å². The molecule has 1 aromatic rings. The van der Waals surface area contributed by atoms with Crippen molar-refractivity contribution in [1.29, 1.82) is 0 Å². The standard InChI is InChI=1S/C14H20ClN3O2/c1-8(2)10(7-16)14(20)18-12-6-9(13(19)17-3)4-5-11(12)15/h4-6,8,10H,7,16H2,1-3H3,(H,17,19)(H,18,20). The Balaban J connectivity index is 2.96. The van der Waals surface area contributed by atoms with Gasteiger partial charge in [-0.3, -0.25) is 9.59 Å². The topological polar surface area (TPSA) is 84.2 Å². The minimum atomic E-state index is -0.297. The van der Waals surface area contributed by atoms with Crippen molar-refractivity contribution in [3.8, 4) is 0 Å². The summed E-state index contributed by atoms with van der Waals surface area (Å²) in [5.74, 6) is -0.606. The van der Waals surface area contributed by atoms with E-state index in [-0.39, 0.29) is 30.2 Å². The highest BCUT2D eigenvalue weighted by Gasteiger charge is 2.21. The molecule has 0 aliphatic heterocycles. The van der Waals surface area contributed by atoms with E-state index in [1.54, 1.807) is 25.2 Å². The second-order valence-electron chi connectivity index (χ2n) is 4.85. The van der Waals surface area contributed by atoms with Crippen LogP contribution in [0.1, 0.15) is 24.2 Å². The number of benzene rings is 1. The molecular weight excluding hydrogens is 278 g/mol. The Morgan fingerprint density at radius 1 is 1.35 bits per heavy atom. The third-order valence-corrected chi connectivity index (χ3v) is 3.44. The van der Waals surface area contributed by atoms with Gasteiger partial charge in [0.25, 0.3) is 5.91 Å². The predicted octanol–water partition coefficient (Wildman–Crippen LogP) is 1.87. The largest absolute Gasteiger partial charge is 0.355 e. The van der Waals surface area contributed by atoms with Crippen LogP contribution in [0.4, 0.5) is 5.69 Å². The molecule has 0 aromatic heterocycles. The van der Waals surface area contributed by atoms with Crippen LogP contribution in [0.5, 0.6) is 0 Å². The molecule has 0 saturated heterocycles. The van der Waals surface area contributed by atoms with Crippen LogP contribution in [0.15, 0.2) is 18.2 Å². The van der Waals surface area contributed by atoms with E-state index in [2.05, 4.69) is 10.6 Å². The van der Waals surface area contributed by atoms with Gasteiger partial charge in [0.2, 0.25) is 5.91 Å². The van der Waals surface area contributed by atoms with Crippen molar-refractivity contribution in [2.75, 3.05) is 18.9 Å². The zero-order chi connectivity index (χ0) is 15.3. The van der Waals surface area contributed by atoms with E-state index in [0.29, 0.717) is 16.3 Å². The van der Waals surface area contributed by atoms with Crippen molar-refractivity contribution in [3.05, 3.63) is 28.8 Å². The minimum absolute atomic E-state index is 0.126. The summed E-state index contributed by atoms with van der Waals surface area (Å²) < 4.78 is 0. The van der Waals surface area contributed by atoms with Gasteiger partial charge in [0.05, 0.1) is 16.6 Å². The van der Waals surface area contributed by atoms with Crippen molar-refractivity contribution in [2.24, 2.45) is 17.6 Å². The van der Waals surface area contributed by atoms with Crippen LogP contribution in [-0.2, 0) is 4.79 Å². The molecule has 0 aliphatic rings. The van der Waals surface area contributed by atoms with Gasteiger partial charge >= 0.3 is 0 Å². The van der Waals surface area contributed by atoms with Crippen molar-refractivity contribution >= 4 is 29.1 Å². The van der Waals surface area contributed by atoms with Gasteiger partial charge in [-0.25, -0.2) is 0 Å². The molecule has 6 heteroatoms. The molecule has 5 nitrogen and oxygen atoms in total. The highest BCUT2D eigenvalue weighted by molar-refractivity contribution is 6.33. The summed E-state index contributed by atoms with van der Waals surface area (Å²) >= 11 is 6.04. The molecule has 0 saturated carbocycles. The molecule has 1 atom stereocenters. The Morgan fingerprint density at radius 2 is 2.00 bits per heavy atom. The molecular formula is C14H20ClN3O2. The zero-order valence-electron chi connectivity index (χ0n) is 11.9. The average molecular weight is 298 g/mol. The van der Waals surface area contributed by atoms with Crippen LogP contribution >= 0.6 is 11.6 Å². The van der Waals surface area contributed by atoms with Crippen molar-refractivity contribution < 1.29 is 9.59 Å². The number of carbonyl (C=O) groups excluding carboxylic acids is 2. The number of anilines is 1. The summed E-state index contributed by atoms with van der Waals surface area (Å²) in [6.45, 7) is 4.12. The first-order chi connectivity index (χ1) is 9.40. The molecule has 0 radical (unpaired) electrons. The number of rotatable bonds is 5. The highest BCUT2D eigenvalue weighted by Crippen LogP contribution is 2.24. The number of hydrogen-bond acceptors (Lipinski definition) is 3. The molecule has 0 heterocycles. The molecule has 0 fully saturated rings. The van der Waals surface area contributed by atoms with Gasteiger partial charge in [0.1, 0.15) is 0 Å². The van der Waals surface area contributed by atoms with Gasteiger partial charge in [-0.2, -0.15) is 0 Å². The Kier molecular flexibility index (Phi) is 5.98. The van der Waals surface area contributed by atoms with E-state index in [0.717, 1.165) is 0 Å². The fourth-order valence-electron chi connectivity index (χ4n) is 1.81. The van der Waals surface area contributed by atoms with Crippen LogP contribution in [0.3, 0.4) is 0 Å². The molecule has 0 spiro atoms. The van der Waals surface area contributed by atoms with Crippen LogP contribution < -0.4 is 16.4 Å². The Bertz CT molecular complexity index is 503. The lowest BCUT2D eigenvalue weighted by Gasteiger charge is -2.19. The molecule has 0 aliphatic carbocycles. The van der Waals surface area contributed by atoms with Gasteiger partial charge in [0.15, 0.2) is 0 Å². The lowest BCUT2D eigenvalue weighted by Crippen LogP contribution is -2.33. The third kappa shape index (κ3) is 3.95. The SMILES string of the molecule is CNC(=O)c1ccc(Cl)c(NC(=O)C(CN)C(C)C)c1. The lowest BCUT2D eigenvalue weighted by molar-refractivity contribution is -0.120. The molecule has 0 bridgehead atoms. The minimum Gasteiger partial charge on any atom is -0.355 e. The number of hydrogen-bond donors (Lipinski definition) is 3. The second-order valence-corrected chi connectivity index (χ2v) is 5.26. The molecule has 1 unspecified atom stereocenters. The van der Waals surface area contributed by atoms with E-state index in [9.17, 15) is 9.59 Å². The lowest BCUT2D eigenvalue weighted by atomic mass is 9.95. The molecule has 1 rings (SSSR count). The Hall–Kier alpha value is -1.59. The third-order valence-electron chi connectivity index (χ3n) is 3.11. The normalized spacial score (nSPS) is 12.1. The number of amides is 2. The van der Waals surface area contributed by atoms with Crippen molar-refractivity contribution in [2.45, 2.75) is 13.8 Å². The van der Waals surface area contributed by atoms with Gasteiger partial charge in [-0.1, -0.05) is 25.4 Å². The number of carbonyl (C=O) groups is 2. The van der Waals surface area contributed by atoms with Gasteiger partial charge in [-0.05, 0) is 24.1 Å². The Labute approximate surface area is 123 Å². The maximum Gasteiger partial charge on any atom is 0.251 e. The highest BCUT2D eigenvalue weighted by atomic mass is 35.5. The monoisotopic (exact) mass is 297 g/mol. The molecule has 2 amide bonds. The summed E-state index contributed by atoms with van der Waals surface area (Å²) in [6, 6.07) is 4.72. The number of nitrogens with two attached hydrogens (primary N) is 1. The quantitative estimate of drug-likeness (QED) is 0.775. The van der Waals surface area contributed by atoms with Crippen molar-refractivity contribution in [3.63, 3.8) is 0 Å². The molecule has 4 N–H and O–H groups in total. The van der Waals surface area contributed by atoms with Gasteiger partial charge in [0, 0.05) is 19.2 Å². The van der Waals surface area contributed by atoms with Crippen LogP contribution in [-0.4, -0.2) is 25.4 Å².